The SMILES string of the molecule is Nc1ccc(-c2cc3c(N4CCOCC4)ncnc3[nH]2)cc1. The molecular formula is C16H17N5O. The predicted molar refractivity (Wildman–Crippen MR) is 86.8 cm³/mol. The molecule has 1 aliphatic heterocycles. The molecule has 0 bridgehead atoms. The van der Waals surface area contributed by atoms with Crippen LogP contribution < -0.4 is 10.6 Å². The number of hydrogen-bond donors (Lipinski definition) is 2. The number of benzene rings is 1. The number of hydrogen-bond acceptors (Lipinski definition) is 5. The molecule has 0 saturated carbocycles. The Kier molecular flexibility index (Phi) is 3.16. The summed E-state index contributed by atoms with van der Waals surface area (Å²) in [6.07, 6.45) is 1.61. The second-order valence-electron chi connectivity index (χ2n) is 5.36. The molecule has 1 aromatic carbocycles. The van der Waals surface area contributed by atoms with Crippen LogP contribution in [0, 0.1) is 0 Å². The van der Waals surface area contributed by atoms with Crippen LogP contribution in [0.3, 0.4) is 0 Å². The van der Waals surface area contributed by atoms with Gasteiger partial charge < -0.3 is 20.4 Å². The van der Waals surface area contributed by atoms with Gasteiger partial charge in [0.05, 0.1) is 18.6 Å². The molecule has 1 saturated heterocycles. The lowest BCUT2D eigenvalue weighted by Gasteiger charge is -2.27. The van der Waals surface area contributed by atoms with Gasteiger partial charge in [-0.3, -0.25) is 0 Å². The Balaban J connectivity index is 1.78. The first-order valence-electron chi connectivity index (χ1n) is 7.33. The quantitative estimate of drug-likeness (QED) is 0.707. The minimum absolute atomic E-state index is 0.737. The number of rotatable bonds is 2. The fraction of sp³-hybridized carbons (Fsp3) is 0.250. The van der Waals surface area contributed by atoms with E-state index in [1.54, 1.807) is 6.33 Å². The molecule has 2 aromatic heterocycles. The average Bonchev–Trinajstić information content (AvgIpc) is 3.00. The van der Waals surface area contributed by atoms with Gasteiger partial charge in [0, 0.05) is 24.5 Å². The largest absolute Gasteiger partial charge is 0.399 e. The number of nitrogens with zero attached hydrogens (tertiary/aromatic N) is 3. The molecule has 22 heavy (non-hydrogen) atoms. The van der Waals surface area contributed by atoms with E-state index in [0.29, 0.717) is 0 Å². The van der Waals surface area contributed by atoms with E-state index in [-0.39, 0.29) is 0 Å². The Morgan fingerprint density at radius 2 is 1.86 bits per heavy atom. The van der Waals surface area contributed by atoms with Crippen LogP contribution in [0.5, 0.6) is 0 Å². The molecule has 0 amide bonds. The van der Waals surface area contributed by atoms with Crippen LogP contribution in [0.15, 0.2) is 36.7 Å². The number of aromatic amines is 1. The van der Waals surface area contributed by atoms with Gasteiger partial charge in [0.2, 0.25) is 0 Å². The molecule has 112 valence electrons. The lowest BCUT2D eigenvalue weighted by Crippen LogP contribution is -2.36. The van der Waals surface area contributed by atoms with Crippen LogP contribution in [-0.4, -0.2) is 41.3 Å². The third kappa shape index (κ3) is 2.27. The molecule has 3 N–H and O–H groups in total. The highest BCUT2D eigenvalue weighted by molar-refractivity contribution is 5.92. The summed E-state index contributed by atoms with van der Waals surface area (Å²) in [4.78, 5) is 14.4. The molecule has 0 atom stereocenters. The molecule has 0 unspecified atom stereocenters. The highest BCUT2D eigenvalue weighted by Crippen LogP contribution is 2.29. The summed E-state index contributed by atoms with van der Waals surface area (Å²) in [5.74, 6) is 0.964. The van der Waals surface area contributed by atoms with Crippen LogP contribution in [0.4, 0.5) is 11.5 Å². The fourth-order valence-electron chi connectivity index (χ4n) is 2.77. The third-order valence-corrected chi connectivity index (χ3v) is 3.94. The van der Waals surface area contributed by atoms with Crippen molar-refractivity contribution in [3.8, 4) is 11.3 Å². The molecule has 0 aliphatic carbocycles. The zero-order valence-electron chi connectivity index (χ0n) is 12.1. The highest BCUT2D eigenvalue weighted by Gasteiger charge is 2.17. The van der Waals surface area contributed by atoms with E-state index in [1.807, 2.05) is 24.3 Å². The van der Waals surface area contributed by atoms with E-state index >= 15 is 0 Å². The van der Waals surface area contributed by atoms with E-state index in [2.05, 4.69) is 25.9 Å². The first-order chi connectivity index (χ1) is 10.8. The maximum Gasteiger partial charge on any atom is 0.143 e. The number of fused-ring (bicyclic) bond motifs is 1. The summed E-state index contributed by atoms with van der Waals surface area (Å²) in [6, 6.07) is 9.90. The van der Waals surface area contributed by atoms with Gasteiger partial charge in [-0.05, 0) is 23.8 Å². The Morgan fingerprint density at radius 3 is 2.64 bits per heavy atom. The number of H-pyrrole nitrogens is 1. The van der Waals surface area contributed by atoms with E-state index < -0.39 is 0 Å². The molecule has 6 nitrogen and oxygen atoms in total. The molecule has 0 spiro atoms. The van der Waals surface area contributed by atoms with Crippen LogP contribution in [-0.2, 0) is 4.74 Å². The van der Waals surface area contributed by atoms with E-state index in [1.165, 1.54) is 0 Å². The van der Waals surface area contributed by atoms with E-state index in [0.717, 1.165) is 60.1 Å². The Labute approximate surface area is 127 Å². The van der Waals surface area contributed by atoms with E-state index in [4.69, 9.17) is 10.5 Å². The number of nitrogens with two attached hydrogens (primary N) is 1. The first kappa shape index (κ1) is 13.1. The summed E-state index contributed by atoms with van der Waals surface area (Å²) >= 11 is 0. The summed E-state index contributed by atoms with van der Waals surface area (Å²) in [5.41, 5.74) is 9.46. The second-order valence-corrected chi connectivity index (χ2v) is 5.36. The smallest absolute Gasteiger partial charge is 0.143 e. The number of nitrogens with one attached hydrogen (secondary N) is 1. The van der Waals surface area contributed by atoms with Crippen LogP contribution in [0.2, 0.25) is 0 Å². The summed E-state index contributed by atoms with van der Waals surface area (Å²) in [6.45, 7) is 3.18. The molecule has 3 aromatic rings. The van der Waals surface area contributed by atoms with Gasteiger partial charge in [-0.1, -0.05) is 12.1 Å². The van der Waals surface area contributed by atoms with Crippen molar-refractivity contribution in [2.75, 3.05) is 36.9 Å². The van der Waals surface area contributed by atoms with Crippen molar-refractivity contribution >= 4 is 22.5 Å². The number of morpholine rings is 1. The molecule has 6 heteroatoms. The van der Waals surface area contributed by atoms with Crippen molar-refractivity contribution in [3.63, 3.8) is 0 Å². The monoisotopic (exact) mass is 295 g/mol. The number of ether oxygens (including phenoxy) is 1. The molecule has 1 aliphatic rings. The van der Waals surface area contributed by atoms with Crippen molar-refractivity contribution in [1.82, 2.24) is 15.0 Å². The summed E-state index contributed by atoms with van der Waals surface area (Å²) < 4.78 is 5.41. The first-order valence-corrected chi connectivity index (χ1v) is 7.33. The van der Waals surface area contributed by atoms with Crippen LogP contribution in [0.1, 0.15) is 0 Å². The number of aromatic nitrogens is 3. The van der Waals surface area contributed by atoms with Crippen LogP contribution in [0.25, 0.3) is 22.3 Å². The third-order valence-electron chi connectivity index (χ3n) is 3.94. The molecule has 4 rings (SSSR count). The topological polar surface area (TPSA) is 80.1 Å². The standard InChI is InChI=1S/C16H17N5O/c17-12-3-1-11(2-4-12)14-9-13-15(20-14)18-10-19-16(13)21-5-7-22-8-6-21/h1-4,9-10H,5-8,17H2,(H,18,19,20). The summed E-state index contributed by atoms with van der Waals surface area (Å²) in [5, 5.41) is 1.04. The Morgan fingerprint density at radius 1 is 1.09 bits per heavy atom. The van der Waals surface area contributed by atoms with Gasteiger partial charge in [0.15, 0.2) is 0 Å². The fourth-order valence-corrected chi connectivity index (χ4v) is 2.77. The second kappa shape index (κ2) is 5.31. The Hall–Kier alpha value is -2.60. The normalized spacial score (nSPS) is 15.4. The molecule has 3 heterocycles. The zero-order chi connectivity index (χ0) is 14.9. The summed E-state index contributed by atoms with van der Waals surface area (Å²) in [7, 11) is 0. The maximum absolute atomic E-state index is 5.75. The average molecular weight is 295 g/mol. The van der Waals surface area contributed by atoms with Gasteiger partial charge in [0.25, 0.3) is 0 Å². The molecule has 1 fully saturated rings. The van der Waals surface area contributed by atoms with Gasteiger partial charge in [-0.2, -0.15) is 0 Å². The predicted octanol–water partition coefficient (Wildman–Crippen LogP) is 2.04. The minimum Gasteiger partial charge on any atom is -0.399 e. The lowest BCUT2D eigenvalue weighted by molar-refractivity contribution is 0.122. The van der Waals surface area contributed by atoms with Crippen molar-refractivity contribution in [3.05, 3.63) is 36.7 Å². The van der Waals surface area contributed by atoms with E-state index in [9.17, 15) is 0 Å². The zero-order valence-corrected chi connectivity index (χ0v) is 12.1. The molecular weight excluding hydrogens is 278 g/mol. The number of anilines is 2. The minimum atomic E-state index is 0.737. The van der Waals surface area contributed by atoms with Gasteiger partial charge in [0.1, 0.15) is 17.8 Å². The Bertz CT molecular complexity index is 790. The van der Waals surface area contributed by atoms with Gasteiger partial charge in [-0.15, -0.1) is 0 Å². The maximum atomic E-state index is 5.75. The lowest BCUT2D eigenvalue weighted by atomic mass is 10.1. The van der Waals surface area contributed by atoms with Crippen molar-refractivity contribution in [2.24, 2.45) is 0 Å². The van der Waals surface area contributed by atoms with Crippen molar-refractivity contribution in [2.45, 2.75) is 0 Å². The number of nitrogen functional groups attached to an aromatic ring is 1. The van der Waals surface area contributed by atoms with Crippen molar-refractivity contribution in [1.29, 1.82) is 0 Å². The van der Waals surface area contributed by atoms with Crippen molar-refractivity contribution < 1.29 is 4.74 Å². The van der Waals surface area contributed by atoms with Gasteiger partial charge >= 0.3 is 0 Å². The van der Waals surface area contributed by atoms with Gasteiger partial charge in [-0.25, -0.2) is 9.97 Å². The highest BCUT2D eigenvalue weighted by atomic mass is 16.5. The van der Waals surface area contributed by atoms with Crippen LogP contribution >= 0.6 is 0 Å². The molecule has 0 radical (unpaired) electrons.